The summed E-state index contributed by atoms with van der Waals surface area (Å²) in [7, 11) is 0. The van der Waals surface area contributed by atoms with Crippen LogP contribution in [0.15, 0.2) is 36.0 Å². The fourth-order valence-electron chi connectivity index (χ4n) is 4.23. The quantitative estimate of drug-likeness (QED) is 0.796. The molecule has 130 valence electrons. The van der Waals surface area contributed by atoms with E-state index in [1.165, 1.54) is 17.0 Å². The lowest BCUT2D eigenvalue weighted by Crippen LogP contribution is -2.41. The molecule has 5 nitrogen and oxygen atoms in total. The number of carbonyl (C=O) groups excluding carboxylic acids is 3. The van der Waals surface area contributed by atoms with E-state index in [9.17, 15) is 14.4 Å². The molecule has 0 bridgehead atoms. The van der Waals surface area contributed by atoms with Gasteiger partial charge >= 0.3 is 0 Å². The fraction of sp³-hybridized carbons (Fsp3) is 0.450. The van der Waals surface area contributed by atoms with Crippen molar-refractivity contribution in [1.82, 2.24) is 9.80 Å². The van der Waals surface area contributed by atoms with Crippen LogP contribution < -0.4 is 0 Å². The molecule has 1 fully saturated rings. The Labute approximate surface area is 147 Å². The first-order chi connectivity index (χ1) is 12.2. The van der Waals surface area contributed by atoms with Gasteiger partial charge in [0, 0.05) is 25.2 Å². The molecule has 1 aliphatic carbocycles. The van der Waals surface area contributed by atoms with E-state index < -0.39 is 0 Å². The number of allylic oxidation sites excluding steroid dienone is 2. The van der Waals surface area contributed by atoms with E-state index in [-0.39, 0.29) is 30.7 Å². The van der Waals surface area contributed by atoms with Gasteiger partial charge in [-0.1, -0.05) is 18.2 Å². The van der Waals surface area contributed by atoms with E-state index in [0.717, 1.165) is 32.2 Å². The summed E-state index contributed by atoms with van der Waals surface area (Å²) < 4.78 is 0. The predicted octanol–water partition coefficient (Wildman–Crippen LogP) is 2.98. The highest BCUT2D eigenvalue weighted by molar-refractivity contribution is 6.21. The van der Waals surface area contributed by atoms with Crippen LogP contribution in [0.5, 0.6) is 0 Å². The van der Waals surface area contributed by atoms with Crippen molar-refractivity contribution in [2.45, 2.75) is 38.5 Å². The fourth-order valence-corrected chi connectivity index (χ4v) is 4.23. The monoisotopic (exact) mass is 338 g/mol. The standard InChI is InChI=1S/C20H22N2O3/c23-18(21-12-5-7-14-6-1-4-10-17(14)21)11-13-22-19(24)15-8-2-3-9-16(15)20(22)25/h2-3,8-10,14H,1,4-7,11-13H2. The van der Waals surface area contributed by atoms with Gasteiger partial charge < -0.3 is 4.90 Å². The summed E-state index contributed by atoms with van der Waals surface area (Å²) in [6, 6.07) is 6.84. The number of rotatable bonds is 3. The molecule has 0 saturated carbocycles. The molecule has 5 heteroatoms. The van der Waals surface area contributed by atoms with Crippen LogP contribution in [-0.4, -0.2) is 40.6 Å². The Morgan fingerprint density at radius 1 is 1.04 bits per heavy atom. The second-order valence-electron chi connectivity index (χ2n) is 7.00. The van der Waals surface area contributed by atoms with Crippen LogP contribution in [-0.2, 0) is 4.79 Å². The molecule has 3 aliphatic rings. The van der Waals surface area contributed by atoms with Gasteiger partial charge in [0.05, 0.1) is 11.1 Å². The summed E-state index contributed by atoms with van der Waals surface area (Å²) in [5.41, 5.74) is 2.05. The Morgan fingerprint density at radius 3 is 2.44 bits per heavy atom. The normalized spacial score (nSPS) is 22.6. The van der Waals surface area contributed by atoms with Gasteiger partial charge in [0.15, 0.2) is 0 Å². The average Bonchev–Trinajstić information content (AvgIpc) is 2.90. The zero-order valence-corrected chi connectivity index (χ0v) is 14.2. The maximum absolute atomic E-state index is 12.7. The molecule has 2 aliphatic heterocycles. The van der Waals surface area contributed by atoms with Crippen molar-refractivity contribution in [3.8, 4) is 0 Å². The number of carbonyl (C=O) groups is 3. The van der Waals surface area contributed by atoms with Crippen molar-refractivity contribution in [3.05, 3.63) is 47.2 Å². The van der Waals surface area contributed by atoms with Crippen molar-refractivity contribution in [1.29, 1.82) is 0 Å². The SMILES string of the molecule is O=C(CCN1C(=O)c2ccccc2C1=O)N1CCCC2CCCC=C21. The zero-order valence-electron chi connectivity index (χ0n) is 14.2. The van der Waals surface area contributed by atoms with Crippen molar-refractivity contribution < 1.29 is 14.4 Å². The molecule has 1 aromatic rings. The Hall–Kier alpha value is -2.43. The molecule has 0 radical (unpaired) electrons. The summed E-state index contributed by atoms with van der Waals surface area (Å²) in [5.74, 6) is -0.0521. The topological polar surface area (TPSA) is 57.7 Å². The van der Waals surface area contributed by atoms with Crippen LogP contribution in [0, 0.1) is 5.92 Å². The van der Waals surface area contributed by atoms with Gasteiger partial charge in [0.25, 0.3) is 11.8 Å². The van der Waals surface area contributed by atoms with Crippen molar-refractivity contribution in [2.24, 2.45) is 5.92 Å². The Kier molecular flexibility index (Phi) is 4.15. The first-order valence-electron chi connectivity index (χ1n) is 9.12. The van der Waals surface area contributed by atoms with E-state index >= 15 is 0 Å². The highest BCUT2D eigenvalue weighted by Crippen LogP contribution is 2.35. The van der Waals surface area contributed by atoms with Gasteiger partial charge in [-0.3, -0.25) is 19.3 Å². The lowest BCUT2D eigenvalue weighted by atomic mass is 9.85. The van der Waals surface area contributed by atoms with Gasteiger partial charge in [-0.25, -0.2) is 0 Å². The van der Waals surface area contributed by atoms with Gasteiger partial charge in [0.1, 0.15) is 0 Å². The average molecular weight is 338 g/mol. The van der Waals surface area contributed by atoms with Crippen LogP contribution >= 0.6 is 0 Å². The zero-order chi connectivity index (χ0) is 17.4. The summed E-state index contributed by atoms with van der Waals surface area (Å²) in [6.45, 7) is 0.906. The molecule has 1 saturated heterocycles. The molecule has 0 aromatic heterocycles. The number of benzene rings is 1. The van der Waals surface area contributed by atoms with Gasteiger partial charge in [-0.2, -0.15) is 0 Å². The molecule has 1 unspecified atom stereocenters. The second-order valence-corrected chi connectivity index (χ2v) is 7.00. The minimum atomic E-state index is -0.290. The molecule has 4 rings (SSSR count). The molecule has 3 amide bonds. The van der Waals surface area contributed by atoms with Crippen LogP contribution in [0.1, 0.15) is 59.2 Å². The number of nitrogens with zero attached hydrogens (tertiary/aromatic N) is 2. The summed E-state index contributed by atoms with van der Waals surface area (Å²) in [5, 5.41) is 0. The van der Waals surface area contributed by atoms with E-state index in [0.29, 0.717) is 17.0 Å². The maximum Gasteiger partial charge on any atom is 0.261 e. The molecular weight excluding hydrogens is 316 g/mol. The lowest BCUT2D eigenvalue weighted by Gasteiger charge is -2.38. The van der Waals surface area contributed by atoms with Crippen LogP contribution in [0.3, 0.4) is 0 Å². The smallest absolute Gasteiger partial charge is 0.261 e. The summed E-state index contributed by atoms with van der Waals surface area (Å²) >= 11 is 0. The molecule has 2 heterocycles. The number of likely N-dealkylation sites (tertiary alicyclic amines) is 1. The Bertz CT molecular complexity index is 733. The van der Waals surface area contributed by atoms with Gasteiger partial charge in [-0.05, 0) is 50.2 Å². The van der Waals surface area contributed by atoms with Crippen LogP contribution in [0.25, 0.3) is 0 Å². The molecule has 0 N–H and O–H groups in total. The lowest BCUT2D eigenvalue weighted by molar-refractivity contribution is -0.130. The number of imide groups is 1. The third kappa shape index (κ3) is 2.77. The van der Waals surface area contributed by atoms with E-state index in [4.69, 9.17) is 0 Å². The molecule has 0 spiro atoms. The number of amides is 3. The summed E-state index contributed by atoms with van der Waals surface area (Å²) in [4.78, 5) is 40.6. The second kappa shape index (κ2) is 6.47. The number of hydrogen-bond donors (Lipinski definition) is 0. The Morgan fingerprint density at radius 2 is 1.72 bits per heavy atom. The van der Waals surface area contributed by atoms with Gasteiger partial charge in [0.2, 0.25) is 5.91 Å². The van der Waals surface area contributed by atoms with Crippen molar-refractivity contribution >= 4 is 17.7 Å². The third-order valence-electron chi connectivity index (χ3n) is 5.50. The van der Waals surface area contributed by atoms with Gasteiger partial charge in [-0.15, -0.1) is 0 Å². The number of fused-ring (bicyclic) bond motifs is 2. The first kappa shape index (κ1) is 16.1. The number of piperidine rings is 1. The minimum Gasteiger partial charge on any atom is -0.316 e. The summed E-state index contributed by atoms with van der Waals surface area (Å²) in [6.07, 6.45) is 7.98. The Balaban J connectivity index is 1.43. The van der Waals surface area contributed by atoms with Crippen LogP contribution in [0.2, 0.25) is 0 Å². The predicted molar refractivity (Wildman–Crippen MR) is 92.8 cm³/mol. The van der Waals surface area contributed by atoms with Crippen molar-refractivity contribution in [2.75, 3.05) is 13.1 Å². The molecule has 1 aromatic carbocycles. The molecular formula is C20H22N2O3. The van der Waals surface area contributed by atoms with E-state index in [2.05, 4.69) is 6.08 Å². The van der Waals surface area contributed by atoms with Crippen molar-refractivity contribution in [3.63, 3.8) is 0 Å². The minimum absolute atomic E-state index is 0.0226. The first-order valence-corrected chi connectivity index (χ1v) is 9.12. The maximum atomic E-state index is 12.7. The molecule has 1 atom stereocenters. The van der Waals surface area contributed by atoms with E-state index in [1.807, 2.05) is 4.90 Å². The highest BCUT2D eigenvalue weighted by atomic mass is 16.2. The third-order valence-corrected chi connectivity index (χ3v) is 5.50. The van der Waals surface area contributed by atoms with E-state index in [1.54, 1.807) is 24.3 Å². The van der Waals surface area contributed by atoms with Crippen LogP contribution in [0.4, 0.5) is 0 Å². The number of hydrogen-bond acceptors (Lipinski definition) is 3. The highest BCUT2D eigenvalue weighted by Gasteiger charge is 2.36. The molecule has 25 heavy (non-hydrogen) atoms. The largest absolute Gasteiger partial charge is 0.316 e.